The van der Waals surface area contributed by atoms with Gasteiger partial charge in [0.1, 0.15) is 38.5 Å². The second-order valence-electron chi connectivity index (χ2n) is 13.0. The van der Waals surface area contributed by atoms with Crippen LogP contribution in [0.5, 0.6) is 5.75 Å². The number of carbonyl (C=O) groups is 2. The van der Waals surface area contributed by atoms with E-state index in [-0.39, 0.29) is 41.2 Å². The second-order valence-corrected chi connectivity index (χ2v) is 16.1. The van der Waals surface area contributed by atoms with E-state index in [2.05, 4.69) is 9.97 Å². The molecule has 3 heterocycles. The van der Waals surface area contributed by atoms with Gasteiger partial charge in [0, 0.05) is 24.4 Å². The summed E-state index contributed by atoms with van der Waals surface area (Å²) in [6, 6.07) is 4.75. The van der Waals surface area contributed by atoms with E-state index in [1.54, 1.807) is 91.1 Å². The van der Waals surface area contributed by atoms with Crippen molar-refractivity contribution < 1.29 is 37.0 Å². The summed E-state index contributed by atoms with van der Waals surface area (Å²) in [7, 11) is -2.40. The Kier molecular flexibility index (Phi) is 10.2. The molecular formula is C30H41ClN4O8S. The maximum atomic E-state index is 13.4. The molecular weight excluding hydrogens is 612 g/mol. The Balaban J connectivity index is 2.04. The maximum absolute atomic E-state index is 13.4. The van der Waals surface area contributed by atoms with Gasteiger partial charge in [0.05, 0.1) is 30.4 Å². The number of halogens is 1. The number of rotatable bonds is 8. The topological polar surface area (TPSA) is 139 Å². The summed E-state index contributed by atoms with van der Waals surface area (Å²) in [6.07, 6.45) is 1.76. The maximum Gasteiger partial charge on any atom is 0.508 e. The third-order valence-corrected chi connectivity index (χ3v) is 8.68. The van der Waals surface area contributed by atoms with Crippen LogP contribution in [-0.4, -0.2) is 71.2 Å². The number of methoxy groups -OCH3 is 1. The summed E-state index contributed by atoms with van der Waals surface area (Å²) in [5.41, 5.74) is -0.0744. The molecule has 1 amide bonds. The van der Waals surface area contributed by atoms with Crippen molar-refractivity contribution in [1.29, 1.82) is 0 Å². The number of aromatic nitrogens is 3. The van der Waals surface area contributed by atoms with Crippen LogP contribution < -0.4 is 9.64 Å². The third kappa shape index (κ3) is 8.53. The molecule has 0 aliphatic rings. The summed E-state index contributed by atoms with van der Waals surface area (Å²) < 4.78 is 48.7. The van der Waals surface area contributed by atoms with E-state index in [1.807, 2.05) is 0 Å². The molecule has 14 heteroatoms. The number of fused-ring (bicyclic) bond motifs is 1. The lowest BCUT2D eigenvalue weighted by atomic mass is 10.2. The summed E-state index contributed by atoms with van der Waals surface area (Å²) >= 11 is 6.45. The number of amides is 1. The van der Waals surface area contributed by atoms with E-state index in [9.17, 15) is 18.0 Å². The Hall–Kier alpha value is -3.58. The predicted octanol–water partition coefficient (Wildman–Crippen LogP) is 6.71. The van der Waals surface area contributed by atoms with E-state index in [1.165, 1.54) is 18.2 Å². The number of carbonyl (C=O) groups excluding carboxylic acids is 2. The summed E-state index contributed by atoms with van der Waals surface area (Å²) in [6.45, 7) is 15.3. The number of hydrogen-bond donors (Lipinski definition) is 0. The highest BCUT2D eigenvalue weighted by atomic mass is 35.5. The van der Waals surface area contributed by atoms with Crippen LogP contribution in [0.3, 0.4) is 0 Å². The molecule has 0 aromatic carbocycles. The van der Waals surface area contributed by atoms with Gasteiger partial charge in [-0.05, 0) is 80.9 Å². The predicted molar refractivity (Wildman–Crippen MR) is 167 cm³/mol. The Bertz CT molecular complexity index is 1630. The van der Waals surface area contributed by atoms with Crippen LogP contribution in [-0.2, 0) is 24.0 Å². The van der Waals surface area contributed by atoms with Crippen LogP contribution in [0.2, 0.25) is 5.15 Å². The van der Waals surface area contributed by atoms with Crippen LogP contribution in [0.4, 0.5) is 15.4 Å². The quantitative estimate of drug-likeness (QED) is 0.146. The highest BCUT2D eigenvalue weighted by Gasteiger charge is 2.34. The normalized spacial score (nSPS) is 12.6. The minimum Gasteiger partial charge on any atom is -0.495 e. The number of imidazole rings is 1. The van der Waals surface area contributed by atoms with Crippen molar-refractivity contribution in [3.05, 3.63) is 35.7 Å². The lowest BCUT2D eigenvalue weighted by Crippen LogP contribution is -2.38. The van der Waals surface area contributed by atoms with Crippen molar-refractivity contribution in [1.82, 2.24) is 14.4 Å². The highest BCUT2D eigenvalue weighted by Crippen LogP contribution is 2.35. The molecule has 0 radical (unpaired) electrons. The Morgan fingerprint density at radius 2 is 1.61 bits per heavy atom. The number of hydrogen-bond acceptors (Lipinski definition) is 10. The Labute approximate surface area is 263 Å². The second kappa shape index (κ2) is 12.8. The molecule has 242 valence electrons. The fourth-order valence-electron chi connectivity index (χ4n) is 3.93. The zero-order valence-corrected chi connectivity index (χ0v) is 28.4. The molecule has 3 rings (SSSR count). The molecule has 0 saturated carbocycles. The number of anilines is 1. The molecule has 0 spiro atoms. The fraction of sp³-hybridized carbons (Fsp3) is 0.533. The van der Waals surface area contributed by atoms with E-state index in [0.29, 0.717) is 16.9 Å². The third-order valence-electron chi connectivity index (χ3n) is 5.99. The largest absolute Gasteiger partial charge is 0.508 e. The molecule has 44 heavy (non-hydrogen) atoms. The molecule has 3 aromatic rings. The average Bonchev–Trinajstić information content (AvgIpc) is 3.27. The van der Waals surface area contributed by atoms with E-state index in [4.69, 9.17) is 30.5 Å². The lowest BCUT2D eigenvalue weighted by Gasteiger charge is -2.27. The van der Waals surface area contributed by atoms with Crippen LogP contribution in [0.1, 0.15) is 68.7 Å². The molecule has 3 aromatic heterocycles. The van der Waals surface area contributed by atoms with Gasteiger partial charge in [-0.15, -0.1) is 0 Å². The summed E-state index contributed by atoms with van der Waals surface area (Å²) in [5.74, 6) is 0.341. The first-order valence-corrected chi connectivity index (χ1v) is 15.8. The van der Waals surface area contributed by atoms with Gasteiger partial charge in [0.2, 0.25) is 0 Å². The molecule has 0 aliphatic heterocycles. The van der Waals surface area contributed by atoms with Gasteiger partial charge < -0.3 is 18.9 Å². The van der Waals surface area contributed by atoms with Gasteiger partial charge in [-0.1, -0.05) is 11.6 Å². The van der Waals surface area contributed by atoms with Gasteiger partial charge in [-0.25, -0.2) is 28.0 Å². The monoisotopic (exact) mass is 652 g/mol. The average molecular weight is 653 g/mol. The van der Waals surface area contributed by atoms with Gasteiger partial charge in [0.15, 0.2) is 9.84 Å². The van der Waals surface area contributed by atoms with Crippen molar-refractivity contribution in [2.45, 2.75) is 89.6 Å². The molecule has 0 unspecified atom stereocenters. The zero-order valence-electron chi connectivity index (χ0n) is 26.8. The van der Waals surface area contributed by atoms with Gasteiger partial charge in [-0.2, -0.15) is 0 Å². The zero-order chi connectivity index (χ0) is 33.3. The van der Waals surface area contributed by atoms with Gasteiger partial charge >= 0.3 is 12.2 Å². The van der Waals surface area contributed by atoms with Crippen molar-refractivity contribution in [3.8, 4) is 17.0 Å². The van der Waals surface area contributed by atoms with E-state index >= 15 is 0 Å². The van der Waals surface area contributed by atoms with E-state index < -0.39 is 38.0 Å². The van der Waals surface area contributed by atoms with Crippen molar-refractivity contribution in [3.63, 3.8) is 0 Å². The Morgan fingerprint density at radius 3 is 2.18 bits per heavy atom. The molecule has 12 nitrogen and oxygen atoms in total. The van der Waals surface area contributed by atoms with Crippen LogP contribution in [0.25, 0.3) is 16.9 Å². The number of pyridine rings is 2. The Morgan fingerprint density at radius 1 is 0.977 bits per heavy atom. The van der Waals surface area contributed by atoms with Crippen LogP contribution in [0, 0.1) is 0 Å². The van der Waals surface area contributed by atoms with Crippen molar-refractivity contribution in [2.24, 2.45) is 0 Å². The van der Waals surface area contributed by atoms with E-state index in [0.717, 1.165) is 0 Å². The number of sulfone groups is 1. The first kappa shape index (κ1) is 34.9. The highest BCUT2D eigenvalue weighted by molar-refractivity contribution is 7.92. The first-order valence-electron chi connectivity index (χ1n) is 14.0. The van der Waals surface area contributed by atoms with Crippen LogP contribution in [0.15, 0.2) is 35.5 Å². The summed E-state index contributed by atoms with van der Waals surface area (Å²) in [5, 5.41) is 0.0714. The van der Waals surface area contributed by atoms with Gasteiger partial charge in [-0.3, -0.25) is 9.30 Å². The molecule has 0 N–H and O–H groups in total. The summed E-state index contributed by atoms with van der Waals surface area (Å²) in [4.78, 5) is 35.4. The number of ether oxygens (including phenoxy) is 4. The molecule has 0 saturated heterocycles. The van der Waals surface area contributed by atoms with Gasteiger partial charge in [0.25, 0.3) is 0 Å². The van der Waals surface area contributed by atoms with Crippen molar-refractivity contribution >= 4 is 45.2 Å². The molecule has 0 bridgehead atoms. The first-order chi connectivity index (χ1) is 20.1. The minimum absolute atomic E-state index is 0.00000436. The van der Waals surface area contributed by atoms with Crippen LogP contribution >= 0.6 is 11.6 Å². The van der Waals surface area contributed by atoms with Crippen molar-refractivity contribution in [2.75, 3.05) is 25.2 Å². The standard InChI is InChI=1S/C30H41ClN4O8S/c1-28(2,3)42-26(36)34(12-11-13-41-27(37)43-29(4,5)6)25-15-19(14-23(31)33-25)20-17-32-24-16-21(40-10)22(18-35(20)24)44(38,39)30(7,8)9/h14-18H,11-13H2,1-10H3. The number of nitrogens with zero attached hydrogens (tertiary/aromatic N) is 4. The minimum atomic E-state index is -3.80. The fourth-order valence-corrected chi connectivity index (χ4v) is 5.45. The molecule has 0 atom stereocenters. The molecule has 0 aliphatic carbocycles. The SMILES string of the molecule is COc1cc2ncc(-c3cc(Cl)nc(N(CCCOC(=O)OC(C)(C)C)C(=O)OC(C)(C)C)c3)n2cc1S(=O)(=O)C(C)(C)C. The smallest absolute Gasteiger partial charge is 0.495 e. The lowest BCUT2D eigenvalue weighted by molar-refractivity contribution is -0.00727. The molecule has 0 fully saturated rings.